The average Bonchev–Trinajstić information content (AvgIpc) is 3.53. The highest BCUT2D eigenvalue weighted by Gasteiger charge is 2.58. The molecule has 2 unspecified atom stereocenters. The average molecular weight is 368 g/mol. The Morgan fingerprint density at radius 1 is 0.815 bits per heavy atom. The van der Waals surface area contributed by atoms with Crippen LogP contribution < -0.4 is 4.74 Å². The molecule has 2 heterocycles. The number of epoxide rings is 1. The second-order valence-electron chi connectivity index (χ2n) is 7.57. The number of hydrogen-bond donors (Lipinski definition) is 0. The van der Waals surface area contributed by atoms with Crippen molar-refractivity contribution in [2.75, 3.05) is 13.2 Å². The molecule has 0 aromatic heterocycles. The maximum atomic E-state index is 6.12. The summed E-state index contributed by atoms with van der Waals surface area (Å²) in [5.74, 6) is 1.06. The molecular formula is C22H24O5. The van der Waals surface area contributed by atoms with Gasteiger partial charge in [0.15, 0.2) is 6.10 Å². The Hall–Kier alpha value is -1.92. The van der Waals surface area contributed by atoms with E-state index in [9.17, 15) is 0 Å². The topological polar surface area (TPSA) is 49.5 Å². The number of ether oxygens (including phenoxy) is 3. The van der Waals surface area contributed by atoms with Crippen LogP contribution in [0.15, 0.2) is 54.6 Å². The highest BCUT2D eigenvalue weighted by Crippen LogP contribution is 2.47. The van der Waals surface area contributed by atoms with E-state index in [1.807, 2.05) is 54.6 Å². The first-order valence-electron chi connectivity index (χ1n) is 9.74. The highest BCUT2D eigenvalue weighted by molar-refractivity contribution is 5.37. The van der Waals surface area contributed by atoms with Crippen LogP contribution in [-0.4, -0.2) is 25.1 Å². The summed E-state index contributed by atoms with van der Waals surface area (Å²) in [6, 6.07) is 17.7. The minimum atomic E-state index is -0.543. The van der Waals surface area contributed by atoms with Gasteiger partial charge in [-0.1, -0.05) is 36.8 Å². The lowest BCUT2D eigenvalue weighted by molar-refractivity contribution is -0.497. The summed E-state index contributed by atoms with van der Waals surface area (Å²) in [5.41, 5.74) is 0.571. The van der Waals surface area contributed by atoms with Crippen molar-refractivity contribution in [2.24, 2.45) is 0 Å². The van der Waals surface area contributed by atoms with Crippen molar-refractivity contribution in [1.29, 1.82) is 0 Å². The zero-order valence-corrected chi connectivity index (χ0v) is 15.3. The van der Waals surface area contributed by atoms with Crippen LogP contribution in [0.5, 0.6) is 11.5 Å². The van der Waals surface area contributed by atoms with Gasteiger partial charge in [0.25, 0.3) is 0 Å². The Bertz CT molecular complexity index is 753. The summed E-state index contributed by atoms with van der Waals surface area (Å²) in [7, 11) is 0. The summed E-state index contributed by atoms with van der Waals surface area (Å²) < 4.78 is 17.8. The Kier molecular flexibility index (Phi) is 4.40. The van der Waals surface area contributed by atoms with Gasteiger partial charge in [-0.2, -0.15) is 0 Å². The van der Waals surface area contributed by atoms with Crippen LogP contribution in [0, 0.1) is 0 Å². The van der Waals surface area contributed by atoms with E-state index in [0.717, 1.165) is 42.7 Å². The van der Waals surface area contributed by atoms with E-state index >= 15 is 0 Å². The Labute approximate surface area is 159 Å². The molecule has 0 bridgehead atoms. The monoisotopic (exact) mass is 368 g/mol. The Morgan fingerprint density at radius 2 is 1.52 bits per heavy atom. The molecule has 0 N–H and O–H groups in total. The fourth-order valence-electron chi connectivity index (χ4n) is 4.00. The standard InChI is InChI=1S/C22H24O5/c1-3-7-18(8-4-1)25-19-11-9-17(10-12-19)22(16-24-22)20-15-23-21(27-26-20)13-5-2-6-14-21/h1,3-4,7-12,20H,2,5-6,13-16H2. The number of benzene rings is 2. The van der Waals surface area contributed by atoms with E-state index in [1.165, 1.54) is 6.42 Å². The van der Waals surface area contributed by atoms with Gasteiger partial charge in [-0.25, -0.2) is 9.78 Å². The zero-order valence-electron chi connectivity index (χ0n) is 15.3. The number of hydrogen-bond acceptors (Lipinski definition) is 5. The number of rotatable bonds is 4. The molecule has 142 valence electrons. The van der Waals surface area contributed by atoms with Gasteiger partial charge in [0.1, 0.15) is 17.1 Å². The molecule has 5 rings (SSSR count). The van der Waals surface area contributed by atoms with Crippen molar-refractivity contribution in [2.45, 2.75) is 49.6 Å². The molecule has 5 heteroatoms. The maximum absolute atomic E-state index is 6.12. The SMILES string of the molecule is c1ccc(Oc2ccc(C3(C4COC5(CCCCC5)OO4)CO3)cc2)cc1. The first kappa shape index (κ1) is 17.2. The van der Waals surface area contributed by atoms with E-state index in [2.05, 4.69) is 0 Å². The van der Waals surface area contributed by atoms with Crippen molar-refractivity contribution in [3.63, 3.8) is 0 Å². The van der Waals surface area contributed by atoms with Crippen molar-refractivity contribution in [3.05, 3.63) is 60.2 Å². The summed E-state index contributed by atoms with van der Waals surface area (Å²) in [5, 5.41) is 0. The molecule has 5 nitrogen and oxygen atoms in total. The normalized spacial score (nSPS) is 29.4. The highest BCUT2D eigenvalue weighted by atomic mass is 17.2. The Morgan fingerprint density at radius 3 is 2.15 bits per heavy atom. The van der Waals surface area contributed by atoms with Crippen LogP contribution in [0.3, 0.4) is 0 Å². The smallest absolute Gasteiger partial charge is 0.201 e. The fraction of sp³-hybridized carbons (Fsp3) is 0.455. The molecule has 2 aliphatic heterocycles. The molecule has 27 heavy (non-hydrogen) atoms. The quantitative estimate of drug-likeness (QED) is 0.578. The maximum Gasteiger partial charge on any atom is 0.201 e. The van der Waals surface area contributed by atoms with Gasteiger partial charge < -0.3 is 14.2 Å². The van der Waals surface area contributed by atoms with Gasteiger partial charge in [0.05, 0.1) is 13.2 Å². The van der Waals surface area contributed by atoms with Crippen LogP contribution in [0.2, 0.25) is 0 Å². The predicted molar refractivity (Wildman–Crippen MR) is 98.3 cm³/mol. The lowest BCUT2D eigenvalue weighted by atomic mass is 9.92. The molecule has 2 aromatic carbocycles. The first-order chi connectivity index (χ1) is 13.3. The summed E-state index contributed by atoms with van der Waals surface area (Å²) in [6.45, 7) is 1.10. The molecule has 2 atom stereocenters. The molecule has 0 amide bonds. The fourth-order valence-corrected chi connectivity index (χ4v) is 4.00. The molecule has 1 aliphatic carbocycles. The van der Waals surface area contributed by atoms with E-state index in [4.69, 9.17) is 24.0 Å². The molecule has 3 aliphatic rings. The van der Waals surface area contributed by atoms with Crippen LogP contribution >= 0.6 is 0 Å². The zero-order chi connectivity index (χ0) is 18.2. The minimum absolute atomic E-state index is 0.258. The van der Waals surface area contributed by atoms with Crippen molar-refractivity contribution < 1.29 is 24.0 Å². The Balaban J connectivity index is 1.26. The molecule has 3 fully saturated rings. The van der Waals surface area contributed by atoms with E-state index in [1.54, 1.807) is 0 Å². The van der Waals surface area contributed by atoms with Crippen molar-refractivity contribution >= 4 is 0 Å². The lowest BCUT2D eigenvalue weighted by Crippen LogP contribution is -2.50. The van der Waals surface area contributed by atoms with Gasteiger partial charge in [-0.05, 0) is 42.7 Å². The van der Waals surface area contributed by atoms with Gasteiger partial charge in [-0.15, -0.1) is 0 Å². The van der Waals surface area contributed by atoms with Crippen LogP contribution in [-0.2, 0) is 24.8 Å². The summed E-state index contributed by atoms with van der Waals surface area (Å²) >= 11 is 0. The van der Waals surface area contributed by atoms with Gasteiger partial charge in [-0.3, -0.25) is 0 Å². The minimum Gasteiger partial charge on any atom is -0.457 e. The largest absolute Gasteiger partial charge is 0.457 e. The van der Waals surface area contributed by atoms with Gasteiger partial charge >= 0.3 is 0 Å². The third-order valence-corrected chi connectivity index (χ3v) is 5.73. The summed E-state index contributed by atoms with van der Waals surface area (Å²) in [4.78, 5) is 11.5. The van der Waals surface area contributed by atoms with Gasteiger partial charge in [0.2, 0.25) is 5.79 Å². The lowest BCUT2D eigenvalue weighted by Gasteiger charge is -2.42. The second kappa shape index (κ2) is 6.91. The molecular weight excluding hydrogens is 344 g/mol. The molecule has 0 radical (unpaired) electrons. The third kappa shape index (κ3) is 3.36. The molecule has 1 spiro atoms. The summed E-state index contributed by atoms with van der Waals surface area (Å²) in [6.07, 6.45) is 5.03. The second-order valence-corrected chi connectivity index (χ2v) is 7.57. The van der Waals surface area contributed by atoms with Crippen molar-refractivity contribution in [3.8, 4) is 11.5 Å². The van der Waals surface area contributed by atoms with E-state index in [0.29, 0.717) is 13.2 Å². The van der Waals surface area contributed by atoms with Crippen molar-refractivity contribution in [1.82, 2.24) is 0 Å². The van der Waals surface area contributed by atoms with Gasteiger partial charge in [0, 0.05) is 12.8 Å². The molecule has 2 aromatic rings. The van der Waals surface area contributed by atoms with E-state index < -0.39 is 11.4 Å². The molecule has 2 saturated heterocycles. The molecule has 1 saturated carbocycles. The van der Waals surface area contributed by atoms with Crippen LogP contribution in [0.4, 0.5) is 0 Å². The predicted octanol–water partition coefficient (Wildman–Crippen LogP) is 4.71. The first-order valence-corrected chi connectivity index (χ1v) is 9.74. The third-order valence-electron chi connectivity index (χ3n) is 5.73. The van der Waals surface area contributed by atoms with E-state index in [-0.39, 0.29) is 6.10 Å². The van der Waals surface area contributed by atoms with Crippen LogP contribution in [0.1, 0.15) is 37.7 Å². The van der Waals surface area contributed by atoms with Crippen LogP contribution in [0.25, 0.3) is 0 Å². The number of para-hydroxylation sites is 1.